The van der Waals surface area contributed by atoms with Crippen molar-refractivity contribution in [3.63, 3.8) is 0 Å². The Morgan fingerprint density at radius 3 is 2.52 bits per heavy atom. The summed E-state index contributed by atoms with van der Waals surface area (Å²) in [7, 11) is 0. The lowest BCUT2D eigenvalue weighted by atomic mass is 9.83. The van der Waals surface area contributed by atoms with Gasteiger partial charge in [-0.05, 0) is 78.2 Å². The van der Waals surface area contributed by atoms with Crippen molar-refractivity contribution >= 4 is 40.5 Å². The number of halogens is 1. The summed E-state index contributed by atoms with van der Waals surface area (Å²) in [5.74, 6) is 0.548. The number of nitrogens with zero attached hydrogens (tertiary/aromatic N) is 3. The Balaban J connectivity index is 1.17. The molecule has 9 nitrogen and oxygen atoms in total. The maximum Gasteiger partial charge on any atom is 0.407 e. The molecule has 1 aromatic carbocycles. The van der Waals surface area contributed by atoms with Gasteiger partial charge in [0.25, 0.3) is 0 Å². The van der Waals surface area contributed by atoms with Crippen LogP contribution < -0.4 is 10.6 Å². The molecule has 0 radical (unpaired) electrons. The number of benzene rings is 1. The van der Waals surface area contributed by atoms with Crippen LogP contribution in [0.1, 0.15) is 72.1 Å². The van der Waals surface area contributed by atoms with Gasteiger partial charge in [0, 0.05) is 52.2 Å². The van der Waals surface area contributed by atoms with Crippen molar-refractivity contribution < 1.29 is 14.7 Å². The van der Waals surface area contributed by atoms with Gasteiger partial charge in [0.1, 0.15) is 0 Å². The Hall–Kier alpha value is -3.33. The smallest absolute Gasteiger partial charge is 0.407 e. The van der Waals surface area contributed by atoms with Gasteiger partial charge in [-0.2, -0.15) is 0 Å². The molecule has 0 bridgehead atoms. The van der Waals surface area contributed by atoms with Crippen molar-refractivity contribution in [2.45, 2.75) is 95.8 Å². The average Bonchev–Trinajstić information content (AvgIpc) is 3.33. The molecule has 5 rings (SSSR count). The van der Waals surface area contributed by atoms with Gasteiger partial charge in [-0.1, -0.05) is 29.8 Å². The van der Waals surface area contributed by atoms with Gasteiger partial charge >= 0.3 is 6.09 Å². The van der Waals surface area contributed by atoms with Crippen LogP contribution >= 0.6 is 11.6 Å². The summed E-state index contributed by atoms with van der Waals surface area (Å²) < 4.78 is 0. The average molecular weight is 567 g/mol. The number of carbonyl (C=O) groups is 2. The summed E-state index contributed by atoms with van der Waals surface area (Å²) in [5, 5.41) is 18.0. The van der Waals surface area contributed by atoms with Crippen LogP contribution in [0.2, 0.25) is 5.02 Å². The molecule has 0 spiro atoms. The lowest BCUT2D eigenvalue weighted by molar-refractivity contribution is -0.127. The van der Waals surface area contributed by atoms with E-state index in [1.807, 2.05) is 51.2 Å². The van der Waals surface area contributed by atoms with Crippen LogP contribution in [0.5, 0.6) is 0 Å². The Labute approximate surface area is 240 Å². The highest BCUT2D eigenvalue weighted by molar-refractivity contribution is 6.33. The van der Waals surface area contributed by atoms with Gasteiger partial charge in [0.05, 0.1) is 16.9 Å². The van der Waals surface area contributed by atoms with Crippen LogP contribution in [-0.2, 0) is 4.79 Å². The molecule has 40 heavy (non-hydrogen) atoms. The number of nitrogens with one attached hydrogen (secondary N) is 3. The normalized spacial score (nSPS) is 23.5. The summed E-state index contributed by atoms with van der Waals surface area (Å²) in [5.41, 5.74) is 2.18. The fraction of sp³-hybridized carbons (Fsp3) is 0.533. The molecule has 4 N–H and O–H groups in total. The zero-order chi connectivity index (χ0) is 28.4. The quantitative estimate of drug-likeness (QED) is 0.272. The second kappa shape index (κ2) is 11.6. The SMILES string of the molecule is CC(C)(C)N(C(=O)O)C1CCC(C(=O)N[C@H]2CCC[C@@H](Nc3ncc(Cl)c(-c4c[nH]c5ccccc45)n3)C2)CC1. The topological polar surface area (TPSA) is 123 Å². The molecule has 2 atom stereocenters. The molecule has 2 aliphatic rings. The highest BCUT2D eigenvalue weighted by Gasteiger charge is 2.37. The molecule has 2 amide bonds. The molecule has 0 aliphatic heterocycles. The second-order valence-corrected chi connectivity index (χ2v) is 12.6. The summed E-state index contributed by atoms with van der Waals surface area (Å²) >= 11 is 6.50. The van der Waals surface area contributed by atoms with Crippen LogP contribution in [0.25, 0.3) is 22.2 Å². The molecule has 0 unspecified atom stereocenters. The van der Waals surface area contributed by atoms with Crippen molar-refractivity contribution in [1.82, 2.24) is 25.2 Å². The molecule has 10 heteroatoms. The first-order chi connectivity index (χ1) is 19.1. The molecule has 3 aromatic rings. The van der Waals surface area contributed by atoms with Crippen LogP contribution in [0.4, 0.5) is 10.7 Å². The third-order valence-electron chi connectivity index (χ3n) is 8.30. The summed E-state index contributed by atoms with van der Waals surface area (Å²) in [6.07, 6.45) is 9.22. The Morgan fingerprint density at radius 1 is 1.07 bits per heavy atom. The molecule has 2 aliphatic carbocycles. The first-order valence-corrected chi connectivity index (χ1v) is 14.7. The zero-order valence-electron chi connectivity index (χ0n) is 23.4. The van der Waals surface area contributed by atoms with E-state index in [9.17, 15) is 14.7 Å². The van der Waals surface area contributed by atoms with Crippen LogP contribution in [-0.4, -0.2) is 60.6 Å². The largest absolute Gasteiger partial charge is 0.465 e. The van der Waals surface area contributed by atoms with E-state index in [1.165, 1.54) is 0 Å². The highest BCUT2D eigenvalue weighted by Crippen LogP contribution is 2.34. The monoisotopic (exact) mass is 566 g/mol. The number of aromatic nitrogens is 3. The molecule has 2 fully saturated rings. The number of anilines is 1. The maximum atomic E-state index is 13.2. The number of fused-ring (bicyclic) bond motifs is 1. The summed E-state index contributed by atoms with van der Waals surface area (Å²) in [4.78, 5) is 39.0. The van der Waals surface area contributed by atoms with Gasteiger partial charge in [0.2, 0.25) is 11.9 Å². The van der Waals surface area contributed by atoms with E-state index in [0.717, 1.165) is 42.1 Å². The molecule has 0 saturated heterocycles. The lowest BCUT2D eigenvalue weighted by Gasteiger charge is -2.42. The first-order valence-electron chi connectivity index (χ1n) is 14.3. The van der Waals surface area contributed by atoms with Crippen molar-refractivity contribution in [3.8, 4) is 11.3 Å². The zero-order valence-corrected chi connectivity index (χ0v) is 24.2. The number of carboxylic acid groups (broad SMARTS) is 1. The van der Waals surface area contributed by atoms with E-state index in [2.05, 4.69) is 20.6 Å². The molecule has 2 heterocycles. The maximum absolute atomic E-state index is 13.2. The molecule has 2 saturated carbocycles. The minimum atomic E-state index is -0.889. The van der Waals surface area contributed by atoms with Crippen molar-refractivity contribution in [2.24, 2.45) is 5.92 Å². The number of carbonyl (C=O) groups excluding carboxylic acids is 1. The minimum absolute atomic E-state index is 0.0432. The Bertz CT molecular complexity index is 1360. The number of H-pyrrole nitrogens is 1. The molecule has 2 aromatic heterocycles. The van der Waals surface area contributed by atoms with Gasteiger partial charge in [0.15, 0.2) is 0 Å². The number of para-hydroxylation sites is 1. The summed E-state index contributed by atoms with van der Waals surface area (Å²) in [6, 6.07) is 8.22. The second-order valence-electron chi connectivity index (χ2n) is 12.2. The Morgan fingerprint density at radius 2 is 1.80 bits per heavy atom. The number of aromatic amines is 1. The third-order valence-corrected chi connectivity index (χ3v) is 8.58. The van der Waals surface area contributed by atoms with Crippen molar-refractivity contribution in [1.29, 1.82) is 0 Å². The standard InChI is InChI=1S/C30H39ClN6O3/c1-30(2,3)37(29(39)40)21-13-11-18(12-14-21)27(38)34-19-7-6-8-20(15-19)35-28-33-17-24(31)26(36-28)23-16-32-25-10-5-4-9-22(23)25/h4-5,9-10,16-21,32H,6-8,11-15H2,1-3H3,(H,34,38)(H,39,40)(H,33,35,36)/t18?,19-,20+,21?/m0/s1. The van der Waals surface area contributed by atoms with Crippen LogP contribution in [0.3, 0.4) is 0 Å². The fourth-order valence-electron chi connectivity index (χ4n) is 6.43. The molecular formula is C30H39ClN6O3. The first kappa shape index (κ1) is 28.2. The van der Waals surface area contributed by atoms with Gasteiger partial charge < -0.3 is 25.6 Å². The minimum Gasteiger partial charge on any atom is -0.465 e. The molecule has 214 valence electrons. The number of rotatable bonds is 6. The van der Waals surface area contributed by atoms with Crippen molar-refractivity contribution in [2.75, 3.05) is 5.32 Å². The van der Waals surface area contributed by atoms with Gasteiger partial charge in [-0.25, -0.2) is 14.8 Å². The Kier molecular flexibility index (Phi) is 8.21. The van der Waals surface area contributed by atoms with E-state index in [-0.39, 0.29) is 30.0 Å². The van der Waals surface area contributed by atoms with Crippen molar-refractivity contribution in [3.05, 3.63) is 41.7 Å². The number of amides is 2. The van der Waals surface area contributed by atoms with Gasteiger partial charge in [-0.15, -0.1) is 0 Å². The predicted octanol–water partition coefficient (Wildman–Crippen LogP) is 6.45. The lowest BCUT2D eigenvalue weighted by Crippen LogP contribution is -2.53. The van der Waals surface area contributed by atoms with Gasteiger partial charge in [-0.3, -0.25) is 4.79 Å². The molecular weight excluding hydrogens is 528 g/mol. The van der Waals surface area contributed by atoms with E-state index < -0.39 is 11.6 Å². The number of hydrogen-bond acceptors (Lipinski definition) is 5. The predicted molar refractivity (Wildman–Crippen MR) is 158 cm³/mol. The van der Waals surface area contributed by atoms with E-state index >= 15 is 0 Å². The van der Waals surface area contributed by atoms with E-state index in [4.69, 9.17) is 16.6 Å². The fourth-order valence-corrected chi connectivity index (χ4v) is 6.63. The van der Waals surface area contributed by atoms with E-state index in [1.54, 1.807) is 11.1 Å². The van der Waals surface area contributed by atoms with Crippen LogP contribution in [0, 0.1) is 5.92 Å². The van der Waals surface area contributed by atoms with E-state index in [0.29, 0.717) is 42.3 Å². The summed E-state index contributed by atoms with van der Waals surface area (Å²) in [6.45, 7) is 5.77. The highest BCUT2D eigenvalue weighted by atomic mass is 35.5. The number of hydrogen-bond donors (Lipinski definition) is 4. The third kappa shape index (κ3) is 6.19. The van der Waals surface area contributed by atoms with Crippen LogP contribution in [0.15, 0.2) is 36.7 Å².